The Bertz CT molecular complexity index is 939. The number of hydrogen-bond donors (Lipinski definition) is 3. The fourth-order valence-corrected chi connectivity index (χ4v) is 3.81. The molecule has 3 aromatic rings. The summed E-state index contributed by atoms with van der Waals surface area (Å²) in [6, 6.07) is 9.88. The maximum Gasteiger partial charge on any atom is 0.145 e. The molecule has 0 unspecified atom stereocenters. The lowest BCUT2D eigenvalue weighted by Crippen LogP contribution is -2.23. The molecule has 0 amide bonds. The highest BCUT2D eigenvalue weighted by atomic mass is 16.3. The van der Waals surface area contributed by atoms with E-state index in [-0.39, 0.29) is 12.0 Å². The number of anilines is 1. The highest BCUT2D eigenvalue weighted by molar-refractivity contribution is 5.87. The van der Waals surface area contributed by atoms with Crippen LogP contribution in [0.3, 0.4) is 0 Å². The Morgan fingerprint density at radius 1 is 1.26 bits per heavy atom. The maximum absolute atomic E-state index is 10.5. The van der Waals surface area contributed by atoms with Crippen LogP contribution in [0.25, 0.3) is 11.0 Å². The molecular formula is C21H26N4O2. The van der Waals surface area contributed by atoms with Crippen LogP contribution in [0.1, 0.15) is 37.4 Å². The van der Waals surface area contributed by atoms with Gasteiger partial charge in [-0.1, -0.05) is 44.5 Å². The minimum atomic E-state index is -0.485. The second kappa shape index (κ2) is 7.29. The van der Waals surface area contributed by atoms with Crippen molar-refractivity contribution in [3.8, 4) is 0 Å². The van der Waals surface area contributed by atoms with Gasteiger partial charge in [-0.25, -0.2) is 9.97 Å². The van der Waals surface area contributed by atoms with E-state index in [4.69, 9.17) is 0 Å². The topological polar surface area (TPSA) is 83.2 Å². The first kappa shape index (κ1) is 17.9. The molecule has 6 nitrogen and oxygen atoms in total. The number of nitrogens with zero attached hydrogens (tertiary/aromatic N) is 3. The van der Waals surface area contributed by atoms with Crippen molar-refractivity contribution < 1.29 is 10.2 Å². The van der Waals surface area contributed by atoms with E-state index in [9.17, 15) is 10.2 Å². The average Bonchev–Trinajstić information content (AvgIpc) is 3.23. The summed E-state index contributed by atoms with van der Waals surface area (Å²) in [5, 5.41) is 25.2. The van der Waals surface area contributed by atoms with Crippen LogP contribution in [-0.2, 0) is 13.0 Å². The molecule has 4 rings (SSSR count). The van der Waals surface area contributed by atoms with Crippen molar-refractivity contribution in [2.75, 3.05) is 5.32 Å². The molecule has 1 aromatic carbocycles. The number of aliphatic hydroxyl groups is 2. The van der Waals surface area contributed by atoms with Gasteiger partial charge in [-0.15, -0.1) is 0 Å². The van der Waals surface area contributed by atoms with Crippen LogP contribution < -0.4 is 5.32 Å². The summed E-state index contributed by atoms with van der Waals surface area (Å²) in [5.41, 5.74) is 3.07. The molecule has 0 spiro atoms. The Morgan fingerprint density at radius 2 is 2.07 bits per heavy atom. The molecule has 0 radical (unpaired) electrons. The Labute approximate surface area is 158 Å². The standard InChI is InChI=1S/C21H26N4O2/c1-3-13(2)18(27)11-25-9-8-16-20(22-12-23-21(16)25)24-19-15-7-5-4-6-14(15)10-17(19)26/h4-9,12-13,17-19,26-27H,3,10-11H2,1-2H3,(H,22,23,24)/t13-,17+,18+,19-/m1/s1. The molecule has 3 N–H and O–H groups in total. The number of nitrogens with one attached hydrogen (secondary N) is 1. The van der Waals surface area contributed by atoms with Crippen LogP contribution in [0.4, 0.5) is 5.82 Å². The molecule has 0 aliphatic heterocycles. The van der Waals surface area contributed by atoms with E-state index in [1.165, 1.54) is 11.9 Å². The van der Waals surface area contributed by atoms with Gasteiger partial charge in [0.1, 0.15) is 17.8 Å². The third kappa shape index (κ3) is 3.31. The molecule has 4 atom stereocenters. The molecule has 0 saturated carbocycles. The Balaban J connectivity index is 1.62. The molecule has 0 bridgehead atoms. The second-order valence-electron chi connectivity index (χ2n) is 7.47. The van der Waals surface area contributed by atoms with Crippen LogP contribution in [-0.4, -0.2) is 37.0 Å². The number of hydrogen-bond acceptors (Lipinski definition) is 5. The van der Waals surface area contributed by atoms with Crippen LogP contribution >= 0.6 is 0 Å². The van der Waals surface area contributed by atoms with E-state index in [1.54, 1.807) is 0 Å². The fraction of sp³-hybridized carbons (Fsp3) is 0.429. The van der Waals surface area contributed by atoms with Crippen LogP contribution in [0.2, 0.25) is 0 Å². The van der Waals surface area contributed by atoms with E-state index in [0.717, 1.165) is 23.0 Å². The molecule has 0 saturated heterocycles. The van der Waals surface area contributed by atoms with Crippen LogP contribution in [0.15, 0.2) is 42.9 Å². The van der Waals surface area contributed by atoms with Crippen molar-refractivity contribution in [1.82, 2.24) is 14.5 Å². The molecule has 142 valence electrons. The zero-order chi connectivity index (χ0) is 19.0. The van der Waals surface area contributed by atoms with Crippen molar-refractivity contribution >= 4 is 16.9 Å². The third-order valence-electron chi connectivity index (χ3n) is 5.74. The van der Waals surface area contributed by atoms with Gasteiger partial charge in [0, 0.05) is 12.6 Å². The van der Waals surface area contributed by atoms with E-state index in [2.05, 4.69) is 41.3 Å². The number of fused-ring (bicyclic) bond motifs is 2. The van der Waals surface area contributed by atoms with Crippen LogP contribution in [0.5, 0.6) is 0 Å². The van der Waals surface area contributed by atoms with Gasteiger partial charge >= 0.3 is 0 Å². The molecule has 2 aromatic heterocycles. The highest BCUT2D eigenvalue weighted by Crippen LogP contribution is 2.35. The first-order valence-corrected chi connectivity index (χ1v) is 9.58. The number of aromatic nitrogens is 3. The van der Waals surface area contributed by atoms with Gasteiger partial charge in [-0.05, 0) is 23.1 Å². The molecule has 1 aliphatic carbocycles. The van der Waals surface area contributed by atoms with Gasteiger partial charge in [-0.2, -0.15) is 0 Å². The van der Waals surface area contributed by atoms with Crippen molar-refractivity contribution in [3.63, 3.8) is 0 Å². The first-order chi connectivity index (χ1) is 13.1. The molecule has 27 heavy (non-hydrogen) atoms. The molecule has 0 fully saturated rings. The lowest BCUT2D eigenvalue weighted by Gasteiger charge is -2.20. The van der Waals surface area contributed by atoms with Gasteiger partial charge < -0.3 is 20.1 Å². The van der Waals surface area contributed by atoms with Gasteiger partial charge in [0.15, 0.2) is 0 Å². The normalized spacial score (nSPS) is 21.2. The van der Waals surface area contributed by atoms with Crippen molar-refractivity contribution in [1.29, 1.82) is 0 Å². The Morgan fingerprint density at radius 3 is 2.89 bits per heavy atom. The van der Waals surface area contributed by atoms with E-state index in [0.29, 0.717) is 18.8 Å². The molecular weight excluding hydrogens is 340 g/mol. The minimum absolute atomic E-state index is 0.187. The Hall–Kier alpha value is -2.44. The maximum atomic E-state index is 10.5. The van der Waals surface area contributed by atoms with Crippen molar-refractivity contribution in [2.45, 2.75) is 51.5 Å². The minimum Gasteiger partial charge on any atom is -0.391 e. The summed E-state index contributed by atoms with van der Waals surface area (Å²) in [6.07, 6.45) is 4.15. The van der Waals surface area contributed by atoms with Gasteiger partial charge in [0.25, 0.3) is 0 Å². The summed E-state index contributed by atoms with van der Waals surface area (Å²) in [5.74, 6) is 0.935. The quantitative estimate of drug-likeness (QED) is 0.625. The number of benzene rings is 1. The Kier molecular flexibility index (Phi) is 4.85. The third-order valence-corrected chi connectivity index (χ3v) is 5.74. The van der Waals surface area contributed by atoms with E-state index in [1.807, 2.05) is 29.0 Å². The summed E-state index contributed by atoms with van der Waals surface area (Å²) >= 11 is 0. The summed E-state index contributed by atoms with van der Waals surface area (Å²) < 4.78 is 1.97. The number of aliphatic hydroxyl groups excluding tert-OH is 2. The SMILES string of the molecule is CC[C@@H](C)[C@@H](O)Cn1ccc2c(N[C@@H]3c4ccccc4C[C@@H]3O)ncnc21. The fourth-order valence-electron chi connectivity index (χ4n) is 3.81. The highest BCUT2D eigenvalue weighted by Gasteiger charge is 2.31. The predicted molar refractivity (Wildman–Crippen MR) is 106 cm³/mol. The largest absolute Gasteiger partial charge is 0.391 e. The molecule has 6 heteroatoms. The zero-order valence-electron chi connectivity index (χ0n) is 15.7. The zero-order valence-corrected chi connectivity index (χ0v) is 15.7. The lowest BCUT2D eigenvalue weighted by molar-refractivity contribution is 0.0977. The van der Waals surface area contributed by atoms with Crippen molar-refractivity contribution in [3.05, 3.63) is 54.0 Å². The lowest BCUT2D eigenvalue weighted by atomic mass is 10.0. The predicted octanol–water partition coefficient (Wildman–Crippen LogP) is 2.91. The van der Waals surface area contributed by atoms with Crippen LogP contribution in [0, 0.1) is 5.92 Å². The monoisotopic (exact) mass is 366 g/mol. The summed E-state index contributed by atoms with van der Waals surface area (Å²) in [7, 11) is 0. The smallest absolute Gasteiger partial charge is 0.145 e. The average molecular weight is 366 g/mol. The van der Waals surface area contributed by atoms with Gasteiger partial charge in [0.2, 0.25) is 0 Å². The first-order valence-electron chi connectivity index (χ1n) is 9.58. The second-order valence-corrected chi connectivity index (χ2v) is 7.47. The summed E-state index contributed by atoms with van der Waals surface area (Å²) in [6.45, 7) is 4.64. The molecule has 2 heterocycles. The van der Waals surface area contributed by atoms with Gasteiger partial charge in [-0.3, -0.25) is 0 Å². The van der Waals surface area contributed by atoms with E-state index < -0.39 is 12.2 Å². The van der Waals surface area contributed by atoms with E-state index >= 15 is 0 Å². The number of rotatable bonds is 6. The van der Waals surface area contributed by atoms with Gasteiger partial charge in [0.05, 0.1) is 30.2 Å². The summed E-state index contributed by atoms with van der Waals surface area (Å²) in [4.78, 5) is 8.83. The molecule has 1 aliphatic rings. The van der Waals surface area contributed by atoms with Crippen molar-refractivity contribution in [2.24, 2.45) is 5.92 Å².